The van der Waals surface area contributed by atoms with Crippen LogP contribution in [0.3, 0.4) is 0 Å². The van der Waals surface area contributed by atoms with Gasteiger partial charge in [0.2, 0.25) is 0 Å². The third-order valence-electron chi connectivity index (χ3n) is 3.54. The van der Waals surface area contributed by atoms with Crippen LogP contribution >= 0.6 is 0 Å². The molecule has 0 fully saturated rings. The zero-order chi connectivity index (χ0) is 14.4. The highest BCUT2D eigenvalue weighted by atomic mass is 15.1. The fourth-order valence-electron chi connectivity index (χ4n) is 2.33. The third kappa shape index (κ3) is 3.77. The molecule has 1 N–H and O–H groups in total. The molecule has 0 aliphatic rings. The average molecular weight is 268 g/mol. The first-order valence-corrected chi connectivity index (χ1v) is 7.27. The van der Waals surface area contributed by atoms with Gasteiger partial charge in [0.05, 0.1) is 0 Å². The molecular formula is C18H24N2. The van der Waals surface area contributed by atoms with Crippen LogP contribution in [-0.2, 0) is 0 Å². The second kappa shape index (κ2) is 6.99. The predicted molar refractivity (Wildman–Crippen MR) is 88.7 cm³/mol. The van der Waals surface area contributed by atoms with Crippen LogP contribution < -0.4 is 10.2 Å². The first-order valence-electron chi connectivity index (χ1n) is 7.27. The third-order valence-corrected chi connectivity index (χ3v) is 3.54. The molecule has 0 saturated carbocycles. The summed E-state index contributed by atoms with van der Waals surface area (Å²) in [4.78, 5) is 2.27. The van der Waals surface area contributed by atoms with E-state index in [1.807, 2.05) is 0 Å². The monoisotopic (exact) mass is 268 g/mol. The number of rotatable bonds is 6. The predicted octanol–water partition coefficient (Wildman–Crippen LogP) is 4.36. The van der Waals surface area contributed by atoms with Crippen molar-refractivity contribution >= 4 is 11.4 Å². The van der Waals surface area contributed by atoms with Crippen LogP contribution in [0.4, 0.5) is 11.4 Å². The molecule has 106 valence electrons. The summed E-state index contributed by atoms with van der Waals surface area (Å²) in [6.45, 7) is 6.39. The van der Waals surface area contributed by atoms with Gasteiger partial charge in [-0.3, -0.25) is 0 Å². The Balaban J connectivity index is 1.90. The van der Waals surface area contributed by atoms with Crippen molar-refractivity contribution in [3.8, 4) is 0 Å². The summed E-state index contributed by atoms with van der Waals surface area (Å²) < 4.78 is 0. The molecule has 2 aromatic rings. The lowest BCUT2D eigenvalue weighted by Crippen LogP contribution is -2.24. The molecular weight excluding hydrogens is 244 g/mol. The van der Waals surface area contributed by atoms with Gasteiger partial charge >= 0.3 is 0 Å². The number of anilines is 2. The number of nitrogens with one attached hydrogen (secondary N) is 1. The number of para-hydroxylation sites is 2. The summed E-state index contributed by atoms with van der Waals surface area (Å²) in [5.74, 6) is 0.547. The maximum absolute atomic E-state index is 3.55. The van der Waals surface area contributed by atoms with E-state index in [0.717, 1.165) is 13.1 Å². The van der Waals surface area contributed by atoms with Crippen molar-refractivity contribution in [3.63, 3.8) is 0 Å². The average Bonchev–Trinajstić information content (AvgIpc) is 2.48. The smallest absolute Gasteiger partial charge is 0.0375 e. The van der Waals surface area contributed by atoms with Crippen LogP contribution in [0.25, 0.3) is 0 Å². The molecule has 0 spiro atoms. The first kappa shape index (κ1) is 14.4. The number of hydrogen-bond donors (Lipinski definition) is 1. The van der Waals surface area contributed by atoms with Gasteiger partial charge in [-0.25, -0.2) is 0 Å². The van der Waals surface area contributed by atoms with Gasteiger partial charge in [-0.15, -0.1) is 0 Å². The molecule has 2 nitrogen and oxygen atoms in total. The summed E-state index contributed by atoms with van der Waals surface area (Å²) in [5, 5.41) is 3.55. The molecule has 20 heavy (non-hydrogen) atoms. The standard InChI is InChI=1S/C18H24N2/c1-15(2)17-11-7-8-12-18(17)19-13-14-20(3)16-9-5-4-6-10-16/h4-12,15,19H,13-14H2,1-3H3. The van der Waals surface area contributed by atoms with Crippen LogP contribution in [0.5, 0.6) is 0 Å². The second-order valence-corrected chi connectivity index (χ2v) is 5.43. The SMILES string of the molecule is CC(C)c1ccccc1NCCN(C)c1ccccc1. The highest BCUT2D eigenvalue weighted by Crippen LogP contribution is 2.23. The minimum Gasteiger partial charge on any atom is -0.383 e. The van der Waals surface area contributed by atoms with Crippen molar-refractivity contribution in [1.82, 2.24) is 0 Å². The maximum atomic E-state index is 3.55. The topological polar surface area (TPSA) is 15.3 Å². The fraction of sp³-hybridized carbons (Fsp3) is 0.333. The quantitative estimate of drug-likeness (QED) is 0.837. The highest BCUT2D eigenvalue weighted by Gasteiger charge is 2.05. The summed E-state index contributed by atoms with van der Waals surface area (Å²) >= 11 is 0. The van der Waals surface area contributed by atoms with E-state index < -0.39 is 0 Å². The molecule has 0 heterocycles. The Bertz CT molecular complexity index is 520. The van der Waals surface area contributed by atoms with Gasteiger partial charge in [0.15, 0.2) is 0 Å². The first-order chi connectivity index (χ1) is 9.68. The Kier molecular flexibility index (Phi) is 5.05. The van der Waals surface area contributed by atoms with Crippen LogP contribution in [0.15, 0.2) is 54.6 Å². The lowest BCUT2D eigenvalue weighted by atomic mass is 10.0. The van der Waals surface area contributed by atoms with Crippen molar-refractivity contribution in [2.45, 2.75) is 19.8 Å². The molecule has 0 saturated heterocycles. The van der Waals surface area contributed by atoms with E-state index in [2.05, 4.69) is 85.7 Å². The molecule has 0 aliphatic heterocycles. The number of hydrogen-bond acceptors (Lipinski definition) is 2. The van der Waals surface area contributed by atoms with Gasteiger partial charge in [0, 0.05) is 31.5 Å². The van der Waals surface area contributed by atoms with Crippen molar-refractivity contribution in [1.29, 1.82) is 0 Å². The number of nitrogens with zero attached hydrogens (tertiary/aromatic N) is 1. The summed E-state index contributed by atoms with van der Waals surface area (Å²) in [6.07, 6.45) is 0. The van der Waals surface area contributed by atoms with Gasteiger partial charge in [-0.1, -0.05) is 50.2 Å². The summed E-state index contributed by atoms with van der Waals surface area (Å²) in [6, 6.07) is 19.1. The Hall–Kier alpha value is -1.96. The van der Waals surface area contributed by atoms with Crippen LogP contribution in [0.1, 0.15) is 25.3 Å². The Morgan fingerprint density at radius 2 is 1.60 bits per heavy atom. The van der Waals surface area contributed by atoms with E-state index in [-0.39, 0.29) is 0 Å². The second-order valence-electron chi connectivity index (χ2n) is 5.43. The lowest BCUT2D eigenvalue weighted by molar-refractivity contribution is 0.859. The van der Waals surface area contributed by atoms with Gasteiger partial charge in [-0.05, 0) is 29.7 Å². The van der Waals surface area contributed by atoms with Crippen LogP contribution in [0.2, 0.25) is 0 Å². The van der Waals surface area contributed by atoms with Crippen molar-refractivity contribution in [2.24, 2.45) is 0 Å². The molecule has 2 rings (SSSR count). The molecule has 0 radical (unpaired) electrons. The van der Waals surface area contributed by atoms with Crippen molar-refractivity contribution < 1.29 is 0 Å². The van der Waals surface area contributed by atoms with Gasteiger partial charge < -0.3 is 10.2 Å². The van der Waals surface area contributed by atoms with E-state index in [4.69, 9.17) is 0 Å². The normalized spacial score (nSPS) is 10.6. The molecule has 2 heteroatoms. The van der Waals surface area contributed by atoms with E-state index in [1.54, 1.807) is 0 Å². The fourth-order valence-corrected chi connectivity index (χ4v) is 2.33. The minimum atomic E-state index is 0.547. The maximum Gasteiger partial charge on any atom is 0.0375 e. The zero-order valence-corrected chi connectivity index (χ0v) is 12.6. The van der Waals surface area contributed by atoms with Crippen molar-refractivity contribution in [2.75, 3.05) is 30.4 Å². The molecule has 0 atom stereocenters. The van der Waals surface area contributed by atoms with Crippen molar-refractivity contribution in [3.05, 3.63) is 60.2 Å². The molecule has 2 aromatic carbocycles. The zero-order valence-electron chi connectivity index (χ0n) is 12.6. The largest absolute Gasteiger partial charge is 0.383 e. The molecule has 0 amide bonds. The van der Waals surface area contributed by atoms with E-state index in [0.29, 0.717) is 5.92 Å². The van der Waals surface area contributed by atoms with E-state index in [1.165, 1.54) is 16.9 Å². The Labute approximate surface area is 122 Å². The Morgan fingerprint density at radius 3 is 2.30 bits per heavy atom. The molecule has 0 aliphatic carbocycles. The van der Waals surface area contributed by atoms with E-state index in [9.17, 15) is 0 Å². The van der Waals surface area contributed by atoms with Gasteiger partial charge in [0.1, 0.15) is 0 Å². The molecule has 0 bridgehead atoms. The molecule has 0 unspecified atom stereocenters. The highest BCUT2D eigenvalue weighted by molar-refractivity contribution is 5.53. The van der Waals surface area contributed by atoms with Crippen LogP contribution in [-0.4, -0.2) is 20.1 Å². The van der Waals surface area contributed by atoms with Crippen LogP contribution in [0, 0.1) is 0 Å². The lowest BCUT2D eigenvalue weighted by Gasteiger charge is -2.21. The number of likely N-dealkylation sites (N-methyl/N-ethyl adjacent to an activating group) is 1. The summed E-state index contributed by atoms with van der Waals surface area (Å²) in [5.41, 5.74) is 3.89. The Morgan fingerprint density at radius 1 is 0.950 bits per heavy atom. The van der Waals surface area contributed by atoms with Gasteiger partial charge in [-0.2, -0.15) is 0 Å². The number of benzene rings is 2. The minimum absolute atomic E-state index is 0.547. The van der Waals surface area contributed by atoms with E-state index >= 15 is 0 Å². The summed E-state index contributed by atoms with van der Waals surface area (Å²) in [7, 11) is 2.13. The van der Waals surface area contributed by atoms with Gasteiger partial charge in [0.25, 0.3) is 0 Å². The molecule has 0 aromatic heterocycles.